The lowest BCUT2D eigenvalue weighted by atomic mass is 10.2. The summed E-state index contributed by atoms with van der Waals surface area (Å²) in [5, 5.41) is 5.40. The molecule has 1 aliphatic heterocycles. The first-order valence-electron chi connectivity index (χ1n) is 7.53. The molecule has 0 saturated heterocycles. The standard InChI is InChI=1S/C18H15FN2O4/c1-11(22)21-18(14-3-7-15(19)8-4-14)25-17(20-21)13-5-9-16(10-6-13)24-12(2)23/h3-10,18H,1-2H3/t18-/m1/s1. The zero-order valence-corrected chi connectivity index (χ0v) is 13.6. The van der Waals surface area contributed by atoms with Crippen molar-refractivity contribution in [2.45, 2.75) is 20.1 Å². The molecular weight excluding hydrogens is 327 g/mol. The predicted octanol–water partition coefficient (Wildman–Crippen LogP) is 2.99. The lowest BCUT2D eigenvalue weighted by molar-refractivity contribution is -0.135. The van der Waals surface area contributed by atoms with Gasteiger partial charge in [0.25, 0.3) is 0 Å². The number of amides is 1. The van der Waals surface area contributed by atoms with Gasteiger partial charge in [0, 0.05) is 25.0 Å². The molecule has 0 aromatic heterocycles. The van der Waals surface area contributed by atoms with Crippen molar-refractivity contribution in [2.24, 2.45) is 5.10 Å². The molecule has 1 aliphatic rings. The monoisotopic (exact) mass is 342 g/mol. The molecule has 0 radical (unpaired) electrons. The van der Waals surface area contributed by atoms with Crippen molar-refractivity contribution in [1.29, 1.82) is 0 Å². The summed E-state index contributed by atoms with van der Waals surface area (Å²) >= 11 is 0. The van der Waals surface area contributed by atoms with Crippen molar-refractivity contribution in [3.05, 3.63) is 65.5 Å². The fraction of sp³-hybridized carbons (Fsp3) is 0.167. The normalized spacial score (nSPS) is 16.2. The number of carbonyl (C=O) groups excluding carboxylic acids is 2. The van der Waals surface area contributed by atoms with Crippen molar-refractivity contribution in [2.75, 3.05) is 0 Å². The van der Waals surface area contributed by atoms with Crippen LogP contribution in [0.3, 0.4) is 0 Å². The van der Waals surface area contributed by atoms with Crippen molar-refractivity contribution in [3.63, 3.8) is 0 Å². The topological polar surface area (TPSA) is 68.2 Å². The van der Waals surface area contributed by atoms with Crippen LogP contribution in [-0.2, 0) is 14.3 Å². The number of rotatable bonds is 3. The molecule has 128 valence electrons. The number of ether oxygens (including phenoxy) is 2. The van der Waals surface area contributed by atoms with E-state index in [9.17, 15) is 14.0 Å². The Morgan fingerprint density at radius 1 is 1.08 bits per heavy atom. The van der Waals surface area contributed by atoms with Crippen molar-refractivity contribution >= 4 is 17.8 Å². The minimum Gasteiger partial charge on any atom is -0.446 e. The molecular formula is C18H15FN2O4. The van der Waals surface area contributed by atoms with Crippen molar-refractivity contribution in [3.8, 4) is 5.75 Å². The molecule has 25 heavy (non-hydrogen) atoms. The Morgan fingerprint density at radius 3 is 2.28 bits per heavy atom. The molecule has 0 N–H and O–H groups in total. The largest absolute Gasteiger partial charge is 0.446 e. The van der Waals surface area contributed by atoms with Gasteiger partial charge in [-0.05, 0) is 36.4 Å². The molecule has 2 aromatic rings. The fourth-order valence-corrected chi connectivity index (χ4v) is 2.36. The molecule has 0 unspecified atom stereocenters. The average Bonchev–Trinajstić information content (AvgIpc) is 3.01. The highest BCUT2D eigenvalue weighted by Crippen LogP contribution is 2.30. The number of hydrogen-bond acceptors (Lipinski definition) is 5. The van der Waals surface area contributed by atoms with Crippen LogP contribution in [0.4, 0.5) is 4.39 Å². The minimum atomic E-state index is -0.763. The smallest absolute Gasteiger partial charge is 0.308 e. The first-order chi connectivity index (χ1) is 11.9. The highest BCUT2D eigenvalue weighted by atomic mass is 19.1. The molecule has 1 amide bonds. The van der Waals surface area contributed by atoms with Crippen LogP contribution in [-0.4, -0.2) is 22.8 Å². The van der Waals surface area contributed by atoms with Gasteiger partial charge >= 0.3 is 5.97 Å². The summed E-state index contributed by atoms with van der Waals surface area (Å²) in [6.45, 7) is 2.69. The van der Waals surface area contributed by atoms with E-state index in [0.29, 0.717) is 16.9 Å². The summed E-state index contributed by atoms with van der Waals surface area (Å²) in [7, 11) is 0. The zero-order chi connectivity index (χ0) is 18.0. The van der Waals surface area contributed by atoms with Gasteiger partial charge in [-0.1, -0.05) is 12.1 Å². The van der Waals surface area contributed by atoms with E-state index >= 15 is 0 Å². The second-order valence-electron chi connectivity index (χ2n) is 5.41. The van der Waals surface area contributed by atoms with Crippen LogP contribution in [0.1, 0.15) is 31.2 Å². The van der Waals surface area contributed by atoms with Crippen LogP contribution >= 0.6 is 0 Å². The Labute approximate surface area is 143 Å². The maximum Gasteiger partial charge on any atom is 0.308 e. The molecule has 3 rings (SSSR count). The van der Waals surface area contributed by atoms with E-state index in [4.69, 9.17) is 9.47 Å². The van der Waals surface area contributed by atoms with E-state index in [1.165, 1.54) is 43.1 Å². The number of halogens is 1. The third kappa shape index (κ3) is 3.65. The van der Waals surface area contributed by atoms with Gasteiger partial charge in [0.2, 0.25) is 18.0 Å². The highest BCUT2D eigenvalue weighted by molar-refractivity contribution is 5.96. The molecule has 0 aliphatic carbocycles. The van der Waals surface area contributed by atoms with Gasteiger partial charge in [0.05, 0.1) is 0 Å². The molecule has 2 aromatic carbocycles. The van der Waals surface area contributed by atoms with Crippen LogP contribution in [0.5, 0.6) is 5.75 Å². The Bertz CT molecular complexity index is 831. The fourth-order valence-electron chi connectivity index (χ4n) is 2.36. The Balaban J connectivity index is 1.85. The first-order valence-corrected chi connectivity index (χ1v) is 7.53. The summed E-state index contributed by atoms with van der Waals surface area (Å²) in [5.74, 6) is -0.451. The number of carbonyl (C=O) groups is 2. The van der Waals surface area contributed by atoms with Gasteiger partial charge in [-0.25, -0.2) is 4.39 Å². The summed E-state index contributed by atoms with van der Waals surface area (Å²) in [6.07, 6.45) is -0.763. The number of esters is 1. The Morgan fingerprint density at radius 2 is 1.72 bits per heavy atom. The lowest BCUT2D eigenvalue weighted by Gasteiger charge is -2.19. The molecule has 0 fully saturated rings. The first kappa shape index (κ1) is 16.6. The van der Waals surface area contributed by atoms with E-state index in [0.717, 1.165) is 0 Å². The maximum absolute atomic E-state index is 13.1. The lowest BCUT2D eigenvalue weighted by Crippen LogP contribution is -2.25. The summed E-state index contributed by atoms with van der Waals surface area (Å²) < 4.78 is 23.9. The van der Waals surface area contributed by atoms with Crippen LogP contribution in [0, 0.1) is 5.82 Å². The number of benzene rings is 2. The number of hydrogen-bond donors (Lipinski definition) is 0. The third-order valence-electron chi connectivity index (χ3n) is 3.48. The van der Waals surface area contributed by atoms with E-state index in [1.807, 2.05) is 0 Å². The summed E-state index contributed by atoms with van der Waals surface area (Å²) in [6, 6.07) is 12.2. The van der Waals surface area contributed by atoms with Crippen LogP contribution < -0.4 is 4.74 Å². The number of hydrazone groups is 1. The third-order valence-corrected chi connectivity index (χ3v) is 3.48. The number of nitrogens with zero attached hydrogens (tertiary/aromatic N) is 2. The average molecular weight is 342 g/mol. The van der Waals surface area contributed by atoms with Gasteiger partial charge in [-0.15, -0.1) is 5.10 Å². The van der Waals surface area contributed by atoms with Gasteiger partial charge < -0.3 is 9.47 Å². The van der Waals surface area contributed by atoms with Crippen LogP contribution in [0.15, 0.2) is 53.6 Å². The van der Waals surface area contributed by atoms with E-state index in [2.05, 4.69) is 5.10 Å². The Hall–Kier alpha value is -3.22. The molecule has 1 atom stereocenters. The van der Waals surface area contributed by atoms with Gasteiger partial charge in [0.1, 0.15) is 11.6 Å². The minimum absolute atomic E-state index is 0.249. The maximum atomic E-state index is 13.1. The molecule has 0 saturated carbocycles. The van der Waals surface area contributed by atoms with Crippen molar-refractivity contribution < 1.29 is 23.5 Å². The van der Waals surface area contributed by atoms with E-state index < -0.39 is 12.2 Å². The van der Waals surface area contributed by atoms with Crippen LogP contribution in [0.25, 0.3) is 0 Å². The van der Waals surface area contributed by atoms with Gasteiger partial charge in [-0.2, -0.15) is 5.01 Å². The van der Waals surface area contributed by atoms with Gasteiger partial charge in [0.15, 0.2) is 0 Å². The van der Waals surface area contributed by atoms with E-state index in [-0.39, 0.29) is 17.6 Å². The second-order valence-corrected chi connectivity index (χ2v) is 5.41. The second kappa shape index (κ2) is 6.72. The predicted molar refractivity (Wildman–Crippen MR) is 87.0 cm³/mol. The molecule has 1 heterocycles. The van der Waals surface area contributed by atoms with E-state index in [1.54, 1.807) is 24.3 Å². The SMILES string of the molecule is CC(=O)Oc1ccc(C2=NN(C(C)=O)[C@@H](c3ccc(F)cc3)O2)cc1. The quantitative estimate of drug-likeness (QED) is 0.635. The van der Waals surface area contributed by atoms with Crippen molar-refractivity contribution in [1.82, 2.24) is 5.01 Å². The Kier molecular flexibility index (Phi) is 4.47. The summed E-state index contributed by atoms with van der Waals surface area (Å²) in [4.78, 5) is 22.8. The summed E-state index contributed by atoms with van der Waals surface area (Å²) in [5.41, 5.74) is 1.22. The zero-order valence-electron chi connectivity index (χ0n) is 13.6. The van der Waals surface area contributed by atoms with Crippen LogP contribution in [0.2, 0.25) is 0 Å². The molecule has 0 bridgehead atoms. The van der Waals surface area contributed by atoms with Gasteiger partial charge in [-0.3, -0.25) is 9.59 Å². The molecule has 0 spiro atoms. The molecule has 7 heteroatoms. The molecule has 6 nitrogen and oxygen atoms in total. The highest BCUT2D eigenvalue weighted by Gasteiger charge is 2.33.